The van der Waals surface area contributed by atoms with Crippen LogP contribution in [-0.4, -0.2) is 44.6 Å². The first-order valence-electron chi connectivity index (χ1n) is 9.22. The van der Waals surface area contributed by atoms with Crippen LogP contribution in [0.5, 0.6) is 17.2 Å². The van der Waals surface area contributed by atoms with Crippen molar-refractivity contribution in [3.8, 4) is 17.2 Å². The molecular formula is C22H25NO7. The zero-order valence-corrected chi connectivity index (χ0v) is 17.6. The van der Waals surface area contributed by atoms with E-state index in [1.807, 2.05) is 13.0 Å². The maximum Gasteiger partial charge on any atom is 0.344 e. The van der Waals surface area contributed by atoms with Gasteiger partial charge >= 0.3 is 5.97 Å². The Morgan fingerprint density at radius 3 is 2.27 bits per heavy atom. The minimum Gasteiger partial charge on any atom is -0.495 e. The Morgan fingerprint density at radius 1 is 0.967 bits per heavy atom. The van der Waals surface area contributed by atoms with E-state index in [4.69, 9.17) is 18.9 Å². The normalized spacial score (nSPS) is 11.2. The van der Waals surface area contributed by atoms with Crippen LogP contribution in [0.1, 0.15) is 29.8 Å². The molecule has 0 spiro atoms. The van der Waals surface area contributed by atoms with E-state index in [-0.39, 0.29) is 11.5 Å². The summed E-state index contributed by atoms with van der Waals surface area (Å²) >= 11 is 0. The number of Topliss-reactive ketones (excluding diaryl/α,β-unsaturated/α-hetero) is 1. The van der Waals surface area contributed by atoms with Gasteiger partial charge in [0.25, 0.3) is 5.91 Å². The summed E-state index contributed by atoms with van der Waals surface area (Å²) < 4.78 is 20.9. The highest BCUT2D eigenvalue weighted by Gasteiger charge is 2.20. The highest BCUT2D eigenvalue weighted by molar-refractivity contribution is 5.96. The molecule has 8 nitrogen and oxygen atoms in total. The molecule has 1 N–H and O–H groups in total. The molecule has 0 aromatic heterocycles. The van der Waals surface area contributed by atoms with E-state index in [9.17, 15) is 14.4 Å². The molecule has 0 radical (unpaired) electrons. The van der Waals surface area contributed by atoms with Crippen molar-refractivity contribution >= 4 is 23.3 Å². The number of rotatable bonds is 9. The Morgan fingerprint density at radius 2 is 1.63 bits per heavy atom. The van der Waals surface area contributed by atoms with E-state index < -0.39 is 24.6 Å². The van der Waals surface area contributed by atoms with Gasteiger partial charge in [0.2, 0.25) is 0 Å². The second kappa shape index (κ2) is 10.3. The second-order valence-corrected chi connectivity index (χ2v) is 6.54. The summed E-state index contributed by atoms with van der Waals surface area (Å²) in [6, 6.07) is 9.96. The maximum atomic E-state index is 12.4. The number of aryl methyl sites for hydroxylation is 1. The van der Waals surface area contributed by atoms with Crippen LogP contribution < -0.4 is 19.5 Å². The van der Waals surface area contributed by atoms with Crippen molar-refractivity contribution < 1.29 is 33.3 Å². The largest absolute Gasteiger partial charge is 0.495 e. The lowest BCUT2D eigenvalue weighted by atomic mass is 10.1. The van der Waals surface area contributed by atoms with E-state index in [1.54, 1.807) is 18.2 Å². The number of esters is 1. The molecule has 0 fully saturated rings. The summed E-state index contributed by atoms with van der Waals surface area (Å²) in [6.07, 6.45) is -1.05. The molecule has 0 saturated carbocycles. The number of hydrogen-bond acceptors (Lipinski definition) is 7. The molecule has 0 saturated heterocycles. The van der Waals surface area contributed by atoms with E-state index in [0.717, 1.165) is 5.56 Å². The third-order valence-corrected chi connectivity index (χ3v) is 4.21. The van der Waals surface area contributed by atoms with Crippen LogP contribution in [0.25, 0.3) is 0 Å². The zero-order valence-electron chi connectivity index (χ0n) is 17.6. The van der Waals surface area contributed by atoms with E-state index in [1.165, 1.54) is 40.2 Å². The summed E-state index contributed by atoms with van der Waals surface area (Å²) in [4.78, 5) is 35.9. The Labute approximate surface area is 175 Å². The molecule has 8 heteroatoms. The highest BCUT2D eigenvalue weighted by atomic mass is 16.6. The van der Waals surface area contributed by atoms with Crippen LogP contribution in [0.4, 0.5) is 5.69 Å². The van der Waals surface area contributed by atoms with E-state index in [2.05, 4.69) is 5.32 Å². The van der Waals surface area contributed by atoms with Gasteiger partial charge in [-0.2, -0.15) is 0 Å². The molecular weight excluding hydrogens is 390 g/mol. The van der Waals surface area contributed by atoms with Crippen LogP contribution in [0.2, 0.25) is 0 Å². The molecule has 0 unspecified atom stereocenters. The number of carbonyl (C=O) groups is 3. The number of nitrogens with one attached hydrogen (secondary N) is 1. The van der Waals surface area contributed by atoms with Gasteiger partial charge in [-0.1, -0.05) is 6.07 Å². The van der Waals surface area contributed by atoms with Crippen molar-refractivity contribution in [3.05, 3.63) is 47.5 Å². The first-order valence-corrected chi connectivity index (χ1v) is 9.22. The Hall–Kier alpha value is -3.55. The van der Waals surface area contributed by atoms with Gasteiger partial charge in [0.15, 0.2) is 30.0 Å². The van der Waals surface area contributed by atoms with Crippen LogP contribution in [0.15, 0.2) is 36.4 Å². The smallest absolute Gasteiger partial charge is 0.344 e. The molecule has 2 aromatic rings. The number of carbonyl (C=O) groups excluding carboxylic acids is 3. The fourth-order valence-corrected chi connectivity index (χ4v) is 2.58. The number of anilines is 1. The molecule has 2 rings (SSSR count). The number of ketones is 1. The van der Waals surface area contributed by atoms with Gasteiger partial charge in [0.05, 0.1) is 19.9 Å². The van der Waals surface area contributed by atoms with Crippen LogP contribution >= 0.6 is 0 Å². The highest BCUT2D eigenvalue weighted by Crippen LogP contribution is 2.28. The standard InChI is InChI=1S/C22H25NO7/c1-13-6-8-18(27-4)17(10-13)23-22(26)15(3)30-21(25)12-29-19-9-7-16(14(2)24)11-20(19)28-5/h6-11,15H,12H2,1-5H3,(H,23,26)/t15-/m1/s1. The fraction of sp³-hybridized carbons (Fsp3) is 0.318. The molecule has 160 valence electrons. The summed E-state index contributed by atoms with van der Waals surface area (Å²) in [6.45, 7) is 4.34. The van der Waals surface area contributed by atoms with Crippen molar-refractivity contribution in [2.75, 3.05) is 26.1 Å². The number of hydrogen-bond donors (Lipinski definition) is 1. The average Bonchev–Trinajstić information content (AvgIpc) is 2.72. The summed E-state index contributed by atoms with van der Waals surface area (Å²) in [5.74, 6) is -0.266. The maximum absolute atomic E-state index is 12.4. The predicted octanol–water partition coefficient (Wildman–Crippen LogP) is 3.16. The first kappa shape index (κ1) is 22.7. The fourth-order valence-electron chi connectivity index (χ4n) is 2.58. The lowest BCUT2D eigenvalue weighted by molar-refractivity contribution is -0.155. The van der Waals surface area contributed by atoms with Crippen molar-refractivity contribution in [2.24, 2.45) is 0 Å². The van der Waals surface area contributed by atoms with Crippen LogP contribution in [-0.2, 0) is 14.3 Å². The number of methoxy groups -OCH3 is 2. The van der Waals surface area contributed by atoms with Gasteiger partial charge in [-0.25, -0.2) is 4.79 Å². The number of benzene rings is 2. The van der Waals surface area contributed by atoms with Crippen molar-refractivity contribution in [1.82, 2.24) is 0 Å². The summed E-state index contributed by atoms with van der Waals surface area (Å²) in [7, 11) is 2.93. The monoisotopic (exact) mass is 415 g/mol. The van der Waals surface area contributed by atoms with Gasteiger partial charge in [0, 0.05) is 5.56 Å². The summed E-state index contributed by atoms with van der Waals surface area (Å²) in [5.41, 5.74) is 1.88. The van der Waals surface area contributed by atoms with Crippen molar-refractivity contribution in [3.63, 3.8) is 0 Å². The SMILES string of the molecule is COc1ccc(C)cc1NC(=O)[C@@H](C)OC(=O)COc1ccc(C(C)=O)cc1OC. The molecule has 0 heterocycles. The average molecular weight is 415 g/mol. The molecule has 30 heavy (non-hydrogen) atoms. The van der Waals surface area contributed by atoms with Gasteiger partial charge in [-0.05, 0) is 56.7 Å². The minimum atomic E-state index is -1.05. The molecule has 0 aliphatic rings. The molecule has 1 amide bonds. The van der Waals surface area contributed by atoms with Gasteiger partial charge in [-0.3, -0.25) is 9.59 Å². The van der Waals surface area contributed by atoms with Gasteiger partial charge in [0.1, 0.15) is 5.75 Å². The lowest BCUT2D eigenvalue weighted by Crippen LogP contribution is -2.31. The number of amides is 1. The Kier molecular flexibility index (Phi) is 7.80. The van der Waals surface area contributed by atoms with Gasteiger partial charge < -0.3 is 24.3 Å². The predicted molar refractivity (Wildman–Crippen MR) is 110 cm³/mol. The number of ether oxygens (including phenoxy) is 4. The second-order valence-electron chi connectivity index (χ2n) is 6.54. The first-order chi connectivity index (χ1) is 14.2. The Balaban J connectivity index is 1.94. The van der Waals surface area contributed by atoms with Gasteiger partial charge in [-0.15, -0.1) is 0 Å². The molecule has 0 aliphatic heterocycles. The third kappa shape index (κ3) is 5.97. The van der Waals surface area contributed by atoms with Crippen LogP contribution in [0, 0.1) is 6.92 Å². The molecule has 0 aliphatic carbocycles. The van der Waals surface area contributed by atoms with Crippen molar-refractivity contribution in [2.45, 2.75) is 26.9 Å². The lowest BCUT2D eigenvalue weighted by Gasteiger charge is -2.16. The zero-order chi connectivity index (χ0) is 22.3. The molecule has 1 atom stereocenters. The van der Waals surface area contributed by atoms with Crippen molar-refractivity contribution in [1.29, 1.82) is 0 Å². The Bertz CT molecular complexity index is 939. The topological polar surface area (TPSA) is 100 Å². The quantitative estimate of drug-likeness (QED) is 0.496. The van der Waals surface area contributed by atoms with Crippen LogP contribution in [0.3, 0.4) is 0 Å². The minimum absolute atomic E-state index is 0.121. The molecule has 0 bridgehead atoms. The molecule has 2 aromatic carbocycles. The van der Waals surface area contributed by atoms with E-state index in [0.29, 0.717) is 22.7 Å². The third-order valence-electron chi connectivity index (χ3n) is 4.21. The van der Waals surface area contributed by atoms with E-state index >= 15 is 0 Å². The summed E-state index contributed by atoms with van der Waals surface area (Å²) in [5, 5.41) is 2.68.